The first-order chi connectivity index (χ1) is 9.75. The van der Waals surface area contributed by atoms with E-state index in [0.29, 0.717) is 12.5 Å². The molecule has 0 aliphatic heterocycles. The van der Waals surface area contributed by atoms with Crippen molar-refractivity contribution < 1.29 is 9.53 Å². The summed E-state index contributed by atoms with van der Waals surface area (Å²) in [5, 5.41) is 2.99. The number of hydrogen-bond acceptors (Lipinski definition) is 3. The Kier molecular flexibility index (Phi) is 8.49. The standard InChI is InChI=1S/C17H28N2O2.ClH/c1-12(2)9-17(5,11-18)19-16(20)10-21-15-8-13(3)6-7-14(15)4;/h6-8,12H,9-11,18H2,1-5H3,(H,19,20);1H. The highest BCUT2D eigenvalue weighted by Gasteiger charge is 2.25. The summed E-state index contributed by atoms with van der Waals surface area (Å²) in [6, 6.07) is 5.96. The van der Waals surface area contributed by atoms with Crippen LogP contribution >= 0.6 is 12.4 Å². The fraction of sp³-hybridized carbons (Fsp3) is 0.588. The van der Waals surface area contributed by atoms with Gasteiger partial charge in [0, 0.05) is 12.1 Å². The summed E-state index contributed by atoms with van der Waals surface area (Å²) in [5.74, 6) is 1.09. The Morgan fingerprint density at radius 2 is 2.00 bits per heavy atom. The third-order valence-electron chi connectivity index (χ3n) is 3.45. The Bertz CT molecular complexity index is 492. The van der Waals surface area contributed by atoms with E-state index in [1.165, 1.54) is 0 Å². The molecule has 0 fully saturated rings. The van der Waals surface area contributed by atoms with Gasteiger partial charge in [0.25, 0.3) is 5.91 Å². The highest BCUT2D eigenvalue weighted by atomic mass is 35.5. The second-order valence-electron chi connectivity index (χ2n) is 6.47. The predicted molar refractivity (Wildman–Crippen MR) is 93.7 cm³/mol. The lowest BCUT2D eigenvalue weighted by molar-refractivity contribution is -0.125. The number of ether oxygens (including phenoxy) is 1. The van der Waals surface area contributed by atoms with Crippen molar-refractivity contribution in [1.82, 2.24) is 5.32 Å². The SMILES string of the molecule is Cc1ccc(C)c(OCC(=O)NC(C)(CN)CC(C)C)c1.Cl. The number of amides is 1. The molecule has 1 unspecified atom stereocenters. The molecule has 22 heavy (non-hydrogen) atoms. The lowest BCUT2D eigenvalue weighted by Gasteiger charge is -2.31. The zero-order chi connectivity index (χ0) is 16.0. The minimum absolute atomic E-state index is 0. The Hall–Kier alpha value is -1.26. The van der Waals surface area contributed by atoms with Gasteiger partial charge in [0.2, 0.25) is 0 Å². The molecule has 0 radical (unpaired) electrons. The quantitative estimate of drug-likeness (QED) is 0.808. The first kappa shape index (κ1) is 20.7. The summed E-state index contributed by atoms with van der Waals surface area (Å²) in [5.41, 5.74) is 7.56. The number of benzene rings is 1. The molecule has 5 heteroatoms. The molecular weight excluding hydrogens is 300 g/mol. The molecule has 0 saturated carbocycles. The van der Waals surface area contributed by atoms with Gasteiger partial charge < -0.3 is 15.8 Å². The van der Waals surface area contributed by atoms with Crippen LogP contribution in [0.1, 0.15) is 38.3 Å². The molecule has 0 spiro atoms. The maximum Gasteiger partial charge on any atom is 0.258 e. The van der Waals surface area contributed by atoms with Crippen LogP contribution in [0.3, 0.4) is 0 Å². The highest BCUT2D eigenvalue weighted by molar-refractivity contribution is 5.85. The number of aryl methyl sites for hydroxylation is 2. The van der Waals surface area contributed by atoms with Gasteiger partial charge in [0.1, 0.15) is 5.75 Å². The van der Waals surface area contributed by atoms with Crippen molar-refractivity contribution in [2.24, 2.45) is 11.7 Å². The summed E-state index contributed by atoms with van der Waals surface area (Å²) in [6.45, 7) is 10.6. The van der Waals surface area contributed by atoms with E-state index in [2.05, 4.69) is 19.2 Å². The van der Waals surface area contributed by atoms with Crippen LogP contribution in [0, 0.1) is 19.8 Å². The van der Waals surface area contributed by atoms with Gasteiger partial charge in [0.05, 0.1) is 0 Å². The van der Waals surface area contributed by atoms with Crippen LogP contribution in [0.25, 0.3) is 0 Å². The molecule has 4 nitrogen and oxygen atoms in total. The Morgan fingerprint density at radius 3 is 2.55 bits per heavy atom. The molecule has 1 aromatic carbocycles. The molecule has 0 aliphatic carbocycles. The van der Waals surface area contributed by atoms with Crippen molar-refractivity contribution in [3.63, 3.8) is 0 Å². The average Bonchev–Trinajstić information content (AvgIpc) is 2.39. The third-order valence-corrected chi connectivity index (χ3v) is 3.45. The van der Waals surface area contributed by atoms with Crippen molar-refractivity contribution in [3.05, 3.63) is 29.3 Å². The van der Waals surface area contributed by atoms with Crippen LogP contribution < -0.4 is 15.8 Å². The van der Waals surface area contributed by atoms with E-state index in [0.717, 1.165) is 23.3 Å². The molecule has 0 aliphatic rings. The number of carbonyl (C=O) groups excluding carboxylic acids is 1. The zero-order valence-corrected chi connectivity index (χ0v) is 15.0. The molecule has 1 amide bonds. The minimum atomic E-state index is -0.379. The van der Waals surface area contributed by atoms with Crippen LogP contribution in [0.4, 0.5) is 0 Å². The smallest absolute Gasteiger partial charge is 0.258 e. The lowest BCUT2D eigenvalue weighted by atomic mass is 9.91. The van der Waals surface area contributed by atoms with E-state index >= 15 is 0 Å². The first-order valence-corrected chi connectivity index (χ1v) is 7.47. The number of hydrogen-bond donors (Lipinski definition) is 2. The third kappa shape index (κ3) is 6.67. The largest absolute Gasteiger partial charge is 0.483 e. The van der Waals surface area contributed by atoms with Gasteiger partial charge in [0.15, 0.2) is 6.61 Å². The van der Waals surface area contributed by atoms with Crippen molar-refractivity contribution in [2.45, 2.75) is 46.6 Å². The van der Waals surface area contributed by atoms with Gasteiger partial charge in [-0.25, -0.2) is 0 Å². The Morgan fingerprint density at radius 1 is 1.36 bits per heavy atom. The normalized spacial score (nSPS) is 13.2. The van der Waals surface area contributed by atoms with Gasteiger partial charge in [-0.2, -0.15) is 0 Å². The van der Waals surface area contributed by atoms with Crippen LogP contribution in [-0.4, -0.2) is 24.6 Å². The Balaban J connectivity index is 0.00000441. The van der Waals surface area contributed by atoms with Crippen molar-refractivity contribution in [1.29, 1.82) is 0 Å². The summed E-state index contributed by atoms with van der Waals surface area (Å²) >= 11 is 0. The van der Waals surface area contributed by atoms with Crippen LogP contribution in [-0.2, 0) is 4.79 Å². The van der Waals surface area contributed by atoms with E-state index in [1.54, 1.807) is 0 Å². The summed E-state index contributed by atoms with van der Waals surface area (Å²) < 4.78 is 5.62. The van der Waals surface area contributed by atoms with Gasteiger partial charge in [-0.05, 0) is 50.3 Å². The average molecular weight is 329 g/mol. The minimum Gasteiger partial charge on any atom is -0.483 e. The fourth-order valence-electron chi connectivity index (χ4n) is 2.47. The van der Waals surface area contributed by atoms with E-state index in [-0.39, 0.29) is 30.5 Å². The number of carbonyl (C=O) groups is 1. The molecule has 1 atom stereocenters. The summed E-state index contributed by atoms with van der Waals surface area (Å²) in [6.07, 6.45) is 0.846. The van der Waals surface area contributed by atoms with E-state index in [1.807, 2.05) is 39.0 Å². The van der Waals surface area contributed by atoms with Crippen LogP contribution in [0.15, 0.2) is 18.2 Å². The molecule has 3 N–H and O–H groups in total. The predicted octanol–water partition coefficient (Wildman–Crippen LogP) is 2.98. The summed E-state index contributed by atoms with van der Waals surface area (Å²) in [7, 11) is 0. The second kappa shape index (κ2) is 9.01. The van der Waals surface area contributed by atoms with Crippen molar-refractivity contribution >= 4 is 18.3 Å². The van der Waals surface area contributed by atoms with E-state index < -0.39 is 0 Å². The molecule has 0 bridgehead atoms. The molecule has 126 valence electrons. The van der Waals surface area contributed by atoms with E-state index in [4.69, 9.17) is 10.5 Å². The van der Waals surface area contributed by atoms with Crippen LogP contribution in [0.2, 0.25) is 0 Å². The summed E-state index contributed by atoms with van der Waals surface area (Å²) in [4.78, 5) is 12.1. The number of halogens is 1. The lowest BCUT2D eigenvalue weighted by Crippen LogP contribution is -2.53. The molecular formula is C17H29ClN2O2. The monoisotopic (exact) mass is 328 g/mol. The molecule has 0 heterocycles. The van der Waals surface area contributed by atoms with E-state index in [9.17, 15) is 4.79 Å². The fourth-order valence-corrected chi connectivity index (χ4v) is 2.47. The van der Waals surface area contributed by atoms with Crippen LogP contribution in [0.5, 0.6) is 5.75 Å². The maximum absolute atomic E-state index is 12.1. The van der Waals surface area contributed by atoms with Crippen molar-refractivity contribution in [3.8, 4) is 5.75 Å². The molecule has 0 saturated heterocycles. The second-order valence-corrected chi connectivity index (χ2v) is 6.47. The zero-order valence-electron chi connectivity index (χ0n) is 14.2. The molecule has 1 aromatic rings. The molecule has 1 rings (SSSR count). The maximum atomic E-state index is 12.1. The van der Waals surface area contributed by atoms with Crippen molar-refractivity contribution in [2.75, 3.05) is 13.2 Å². The first-order valence-electron chi connectivity index (χ1n) is 7.47. The topological polar surface area (TPSA) is 64.3 Å². The Labute approximate surface area is 140 Å². The number of nitrogens with one attached hydrogen (secondary N) is 1. The number of nitrogens with two attached hydrogens (primary N) is 1. The number of rotatable bonds is 7. The molecule has 0 aromatic heterocycles. The van der Waals surface area contributed by atoms with Gasteiger partial charge >= 0.3 is 0 Å². The highest BCUT2D eigenvalue weighted by Crippen LogP contribution is 2.19. The van der Waals surface area contributed by atoms with Gasteiger partial charge in [-0.3, -0.25) is 4.79 Å². The van der Waals surface area contributed by atoms with Gasteiger partial charge in [-0.1, -0.05) is 26.0 Å². The van der Waals surface area contributed by atoms with Gasteiger partial charge in [-0.15, -0.1) is 12.4 Å².